The molecular formula is C17H27N3O2S. The first-order valence-electron chi connectivity index (χ1n) is 8.34. The van der Waals surface area contributed by atoms with Crippen LogP contribution in [0, 0.1) is 0 Å². The van der Waals surface area contributed by atoms with Crippen LogP contribution in [0.3, 0.4) is 0 Å². The zero-order valence-corrected chi connectivity index (χ0v) is 14.4. The Morgan fingerprint density at radius 3 is 2.61 bits per heavy atom. The van der Waals surface area contributed by atoms with Crippen molar-refractivity contribution in [3.05, 3.63) is 30.3 Å². The van der Waals surface area contributed by atoms with E-state index >= 15 is 0 Å². The highest BCUT2D eigenvalue weighted by molar-refractivity contribution is 7.99. The van der Waals surface area contributed by atoms with Gasteiger partial charge in [0.05, 0.1) is 13.2 Å². The summed E-state index contributed by atoms with van der Waals surface area (Å²) in [5, 5.41) is 5.81. The molecule has 6 heteroatoms. The van der Waals surface area contributed by atoms with Gasteiger partial charge in [-0.1, -0.05) is 18.2 Å². The molecule has 0 spiro atoms. The van der Waals surface area contributed by atoms with Crippen LogP contribution in [0.1, 0.15) is 12.8 Å². The monoisotopic (exact) mass is 337 g/mol. The summed E-state index contributed by atoms with van der Waals surface area (Å²) in [4.78, 5) is 15.3. The molecule has 1 saturated heterocycles. The molecule has 1 heterocycles. The van der Waals surface area contributed by atoms with E-state index < -0.39 is 0 Å². The third-order valence-electron chi connectivity index (χ3n) is 3.69. The van der Waals surface area contributed by atoms with E-state index in [2.05, 4.69) is 27.7 Å². The lowest BCUT2D eigenvalue weighted by Crippen LogP contribution is -2.38. The number of benzene rings is 1. The Balaban J connectivity index is 1.41. The second kappa shape index (κ2) is 11.3. The average Bonchev–Trinajstić information content (AvgIpc) is 2.60. The normalized spacial score (nSPS) is 15.3. The molecule has 0 bridgehead atoms. The maximum atomic E-state index is 11.7. The quantitative estimate of drug-likeness (QED) is 0.536. The average molecular weight is 337 g/mol. The van der Waals surface area contributed by atoms with E-state index in [0.717, 1.165) is 58.0 Å². The molecule has 0 unspecified atom stereocenters. The summed E-state index contributed by atoms with van der Waals surface area (Å²) in [6.45, 7) is 6.28. The van der Waals surface area contributed by atoms with Crippen molar-refractivity contribution in [3.63, 3.8) is 0 Å². The number of amides is 2. The number of carbonyl (C=O) groups is 1. The van der Waals surface area contributed by atoms with E-state index in [0.29, 0.717) is 6.54 Å². The Hall–Kier alpha value is -1.24. The molecule has 1 aromatic carbocycles. The maximum absolute atomic E-state index is 11.7. The highest BCUT2D eigenvalue weighted by Crippen LogP contribution is 2.15. The van der Waals surface area contributed by atoms with Crippen LogP contribution in [0.4, 0.5) is 4.79 Å². The predicted molar refractivity (Wildman–Crippen MR) is 95.1 cm³/mol. The van der Waals surface area contributed by atoms with Crippen LogP contribution in [0.15, 0.2) is 35.2 Å². The smallest absolute Gasteiger partial charge is 0.314 e. The first kappa shape index (κ1) is 18.1. The summed E-state index contributed by atoms with van der Waals surface area (Å²) in [7, 11) is 0. The molecule has 0 aromatic heterocycles. The van der Waals surface area contributed by atoms with Gasteiger partial charge in [0.25, 0.3) is 0 Å². The fourth-order valence-electron chi connectivity index (χ4n) is 2.40. The van der Waals surface area contributed by atoms with Gasteiger partial charge in [0.2, 0.25) is 0 Å². The van der Waals surface area contributed by atoms with Gasteiger partial charge in [0.15, 0.2) is 0 Å². The van der Waals surface area contributed by atoms with Gasteiger partial charge in [-0.15, -0.1) is 11.8 Å². The van der Waals surface area contributed by atoms with Crippen molar-refractivity contribution in [2.24, 2.45) is 0 Å². The number of hydrogen-bond acceptors (Lipinski definition) is 4. The van der Waals surface area contributed by atoms with Crippen molar-refractivity contribution < 1.29 is 9.53 Å². The Labute approximate surface area is 143 Å². The van der Waals surface area contributed by atoms with E-state index in [9.17, 15) is 4.79 Å². The summed E-state index contributed by atoms with van der Waals surface area (Å²) < 4.78 is 5.32. The Morgan fingerprint density at radius 2 is 1.83 bits per heavy atom. The van der Waals surface area contributed by atoms with Crippen LogP contribution in [-0.2, 0) is 4.74 Å². The molecule has 1 aliphatic heterocycles. The molecule has 128 valence electrons. The predicted octanol–water partition coefficient (Wildman–Crippen LogP) is 2.19. The lowest BCUT2D eigenvalue weighted by atomic mass is 10.3. The minimum absolute atomic E-state index is 0.0648. The second-order valence-electron chi connectivity index (χ2n) is 5.51. The number of urea groups is 1. The number of hydrogen-bond donors (Lipinski definition) is 2. The third-order valence-corrected chi connectivity index (χ3v) is 4.70. The van der Waals surface area contributed by atoms with Crippen molar-refractivity contribution in [1.29, 1.82) is 0 Å². The molecule has 0 saturated carbocycles. The second-order valence-corrected chi connectivity index (χ2v) is 6.67. The van der Waals surface area contributed by atoms with Crippen molar-refractivity contribution in [2.75, 3.05) is 51.7 Å². The number of thioether (sulfide) groups is 1. The van der Waals surface area contributed by atoms with E-state index in [1.165, 1.54) is 4.90 Å². The lowest BCUT2D eigenvalue weighted by Gasteiger charge is -2.26. The van der Waals surface area contributed by atoms with Crippen molar-refractivity contribution >= 4 is 17.8 Å². The van der Waals surface area contributed by atoms with Crippen LogP contribution >= 0.6 is 11.8 Å². The van der Waals surface area contributed by atoms with Crippen molar-refractivity contribution in [2.45, 2.75) is 17.7 Å². The number of ether oxygens (including phenoxy) is 1. The molecular weight excluding hydrogens is 310 g/mol. The molecule has 23 heavy (non-hydrogen) atoms. The van der Waals surface area contributed by atoms with Crippen LogP contribution in [0.2, 0.25) is 0 Å². The van der Waals surface area contributed by atoms with Gasteiger partial charge in [0, 0.05) is 36.8 Å². The molecule has 5 nitrogen and oxygen atoms in total. The minimum atomic E-state index is -0.0648. The molecule has 2 rings (SSSR count). The molecule has 1 aliphatic rings. The maximum Gasteiger partial charge on any atom is 0.314 e. The molecule has 2 amide bonds. The highest BCUT2D eigenvalue weighted by atomic mass is 32.2. The highest BCUT2D eigenvalue weighted by Gasteiger charge is 2.09. The summed E-state index contributed by atoms with van der Waals surface area (Å²) in [5.41, 5.74) is 0. The molecule has 1 aromatic rings. The Bertz CT molecular complexity index is 439. The van der Waals surface area contributed by atoms with Gasteiger partial charge in [-0.2, -0.15) is 0 Å². The lowest BCUT2D eigenvalue weighted by molar-refractivity contribution is 0.0372. The zero-order valence-electron chi connectivity index (χ0n) is 13.6. The fraction of sp³-hybridized carbons (Fsp3) is 0.588. The van der Waals surface area contributed by atoms with Gasteiger partial charge in [-0.25, -0.2) is 4.79 Å². The summed E-state index contributed by atoms with van der Waals surface area (Å²) in [6.07, 6.45) is 2.13. The minimum Gasteiger partial charge on any atom is -0.379 e. The van der Waals surface area contributed by atoms with E-state index in [4.69, 9.17) is 4.74 Å². The summed E-state index contributed by atoms with van der Waals surface area (Å²) in [5.74, 6) is 0.883. The third kappa shape index (κ3) is 8.25. The van der Waals surface area contributed by atoms with Gasteiger partial charge in [0.1, 0.15) is 0 Å². The molecule has 0 aliphatic carbocycles. The van der Waals surface area contributed by atoms with Gasteiger partial charge in [-0.3, -0.25) is 4.90 Å². The van der Waals surface area contributed by atoms with Crippen molar-refractivity contribution in [3.8, 4) is 0 Å². The van der Waals surface area contributed by atoms with Crippen LogP contribution in [-0.4, -0.2) is 62.6 Å². The van der Waals surface area contributed by atoms with E-state index in [-0.39, 0.29) is 6.03 Å². The van der Waals surface area contributed by atoms with Crippen LogP contribution < -0.4 is 10.6 Å². The molecule has 0 radical (unpaired) electrons. The first-order chi connectivity index (χ1) is 11.3. The number of carbonyl (C=O) groups excluding carboxylic acids is 1. The first-order valence-corrected chi connectivity index (χ1v) is 9.33. The van der Waals surface area contributed by atoms with E-state index in [1.54, 1.807) is 11.8 Å². The van der Waals surface area contributed by atoms with Gasteiger partial charge in [-0.05, 0) is 31.5 Å². The topological polar surface area (TPSA) is 53.6 Å². The SMILES string of the molecule is O=C(NCCCCN1CCOCC1)NCCSc1ccccc1. The number of nitrogens with zero attached hydrogens (tertiary/aromatic N) is 1. The Morgan fingerprint density at radius 1 is 1.09 bits per heavy atom. The number of rotatable bonds is 9. The zero-order chi connectivity index (χ0) is 16.2. The standard InChI is InChI=1S/C17H27N3O2S/c21-17(19-9-15-23-16-6-2-1-3-7-16)18-8-4-5-10-20-11-13-22-14-12-20/h1-3,6-7H,4-5,8-15H2,(H2,18,19,21). The summed E-state index contributed by atoms with van der Waals surface area (Å²) >= 11 is 1.75. The van der Waals surface area contributed by atoms with Crippen molar-refractivity contribution in [1.82, 2.24) is 15.5 Å². The summed E-state index contributed by atoms with van der Waals surface area (Å²) in [6, 6.07) is 10.2. The Kier molecular flexibility index (Phi) is 8.91. The van der Waals surface area contributed by atoms with Gasteiger partial charge >= 0.3 is 6.03 Å². The fourth-order valence-corrected chi connectivity index (χ4v) is 3.19. The number of morpholine rings is 1. The number of unbranched alkanes of at least 4 members (excludes halogenated alkanes) is 1. The van der Waals surface area contributed by atoms with Crippen LogP contribution in [0.25, 0.3) is 0 Å². The van der Waals surface area contributed by atoms with E-state index in [1.807, 2.05) is 18.2 Å². The van der Waals surface area contributed by atoms with Gasteiger partial charge < -0.3 is 15.4 Å². The molecule has 1 fully saturated rings. The largest absolute Gasteiger partial charge is 0.379 e. The number of nitrogens with one attached hydrogen (secondary N) is 2. The molecule has 0 atom stereocenters. The van der Waals surface area contributed by atoms with Crippen LogP contribution in [0.5, 0.6) is 0 Å². The molecule has 2 N–H and O–H groups in total.